The zero-order valence-electron chi connectivity index (χ0n) is 6.86. The Bertz CT molecular complexity index is 450. The number of aromatic nitrogens is 2. The largest absolute Gasteiger partial charge is 0.359 e. The summed E-state index contributed by atoms with van der Waals surface area (Å²) in [5, 5.41) is 2.71. The number of rotatable bonds is 1. The van der Waals surface area contributed by atoms with Crippen LogP contribution in [0.1, 0.15) is 0 Å². The molecule has 13 heavy (non-hydrogen) atoms. The molecule has 68 valence electrons. The zero-order chi connectivity index (χ0) is 9.42. The quantitative estimate of drug-likeness (QED) is 0.708. The highest BCUT2D eigenvalue weighted by Crippen LogP contribution is 2.19. The first-order valence-electron chi connectivity index (χ1n) is 3.74. The van der Waals surface area contributed by atoms with E-state index in [0.717, 1.165) is 6.07 Å². The van der Waals surface area contributed by atoms with Gasteiger partial charge in [-0.05, 0) is 12.1 Å². The number of anilines is 1. The van der Waals surface area contributed by atoms with Crippen LogP contribution in [0.4, 0.5) is 14.7 Å². The van der Waals surface area contributed by atoms with Crippen molar-refractivity contribution >= 4 is 17.0 Å². The Kier molecular flexibility index (Phi) is 1.65. The van der Waals surface area contributed by atoms with Crippen molar-refractivity contribution < 1.29 is 8.78 Å². The second-order valence-corrected chi connectivity index (χ2v) is 2.59. The van der Waals surface area contributed by atoms with E-state index in [-0.39, 0.29) is 5.52 Å². The minimum atomic E-state index is -0.921. The number of fused-ring (bicyclic) bond motifs is 1. The second-order valence-electron chi connectivity index (χ2n) is 2.59. The van der Waals surface area contributed by atoms with E-state index in [0.29, 0.717) is 11.5 Å². The molecule has 0 unspecified atom stereocenters. The molecule has 5 heteroatoms. The lowest BCUT2D eigenvalue weighted by Crippen LogP contribution is -1.88. The fourth-order valence-electron chi connectivity index (χ4n) is 1.14. The molecule has 0 saturated heterocycles. The fourth-order valence-corrected chi connectivity index (χ4v) is 1.14. The smallest absolute Gasteiger partial charge is 0.201 e. The lowest BCUT2D eigenvalue weighted by molar-refractivity contribution is 0.515. The molecule has 0 spiro atoms. The molecule has 2 aromatic rings. The van der Waals surface area contributed by atoms with Gasteiger partial charge in [-0.1, -0.05) is 0 Å². The number of halogens is 2. The van der Waals surface area contributed by atoms with Crippen LogP contribution in [0.2, 0.25) is 0 Å². The van der Waals surface area contributed by atoms with Crippen LogP contribution in [0.15, 0.2) is 12.1 Å². The lowest BCUT2D eigenvalue weighted by Gasteiger charge is -1.90. The third-order valence-electron chi connectivity index (χ3n) is 1.78. The summed E-state index contributed by atoms with van der Waals surface area (Å²) in [7, 11) is 1.64. The summed E-state index contributed by atoms with van der Waals surface area (Å²) in [6, 6.07) is 2.51. The van der Waals surface area contributed by atoms with Gasteiger partial charge in [0.15, 0.2) is 11.6 Å². The van der Waals surface area contributed by atoms with Crippen molar-refractivity contribution in [3.05, 3.63) is 23.8 Å². The molecule has 1 heterocycles. The standard InChI is InChI=1S/C8H7F2N3/c1-11-8-12-5-3-2-4(9)6(10)7(5)13-8/h2-3H,1H3,(H2,11,12,13). The van der Waals surface area contributed by atoms with Crippen LogP contribution < -0.4 is 5.32 Å². The molecule has 1 aromatic heterocycles. The molecule has 2 N–H and O–H groups in total. The first-order chi connectivity index (χ1) is 6.22. The van der Waals surface area contributed by atoms with Crippen LogP contribution in [0.5, 0.6) is 0 Å². The van der Waals surface area contributed by atoms with Crippen molar-refractivity contribution in [2.45, 2.75) is 0 Å². The third kappa shape index (κ3) is 1.12. The highest BCUT2D eigenvalue weighted by Gasteiger charge is 2.10. The van der Waals surface area contributed by atoms with Gasteiger partial charge < -0.3 is 10.3 Å². The Morgan fingerprint density at radius 3 is 2.85 bits per heavy atom. The maximum Gasteiger partial charge on any atom is 0.201 e. The normalized spacial score (nSPS) is 10.7. The molecule has 0 atom stereocenters. The number of imidazole rings is 1. The van der Waals surface area contributed by atoms with Crippen LogP contribution >= 0.6 is 0 Å². The maximum absolute atomic E-state index is 13.1. The van der Waals surface area contributed by atoms with Crippen molar-refractivity contribution in [2.24, 2.45) is 0 Å². The van der Waals surface area contributed by atoms with E-state index in [1.165, 1.54) is 6.07 Å². The van der Waals surface area contributed by atoms with E-state index in [1.807, 2.05) is 0 Å². The van der Waals surface area contributed by atoms with E-state index in [2.05, 4.69) is 15.3 Å². The van der Waals surface area contributed by atoms with Crippen molar-refractivity contribution in [1.29, 1.82) is 0 Å². The second kappa shape index (κ2) is 2.69. The molecule has 0 fully saturated rings. The number of nitrogens with one attached hydrogen (secondary N) is 2. The van der Waals surface area contributed by atoms with Gasteiger partial charge in [-0.2, -0.15) is 0 Å². The number of benzene rings is 1. The summed E-state index contributed by atoms with van der Waals surface area (Å²) < 4.78 is 25.8. The van der Waals surface area contributed by atoms with E-state index in [1.54, 1.807) is 7.05 Å². The Morgan fingerprint density at radius 1 is 1.38 bits per heavy atom. The molecule has 3 nitrogen and oxygen atoms in total. The van der Waals surface area contributed by atoms with E-state index in [4.69, 9.17) is 0 Å². The van der Waals surface area contributed by atoms with Crippen molar-refractivity contribution in [3.8, 4) is 0 Å². The van der Waals surface area contributed by atoms with Gasteiger partial charge in [0.1, 0.15) is 5.52 Å². The van der Waals surface area contributed by atoms with Crippen LogP contribution in [-0.4, -0.2) is 17.0 Å². The van der Waals surface area contributed by atoms with Crippen LogP contribution in [0, 0.1) is 11.6 Å². The van der Waals surface area contributed by atoms with E-state index < -0.39 is 11.6 Å². The fraction of sp³-hybridized carbons (Fsp3) is 0.125. The third-order valence-corrected chi connectivity index (χ3v) is 1.78. The topological polar surface area (TPSA) is 40.7 Å². The van der Waals surface area contributed by atoms with Crippen molar-refractivity contribution in [3.63, 3.8) is 0 Å². The van der Waals surface area contributed by atoms with Crippen molar-refractivity contribution in [2.75, 3.05) is 12.4 Å². The summed E-state index contributed by atoms with van der Waals surface area (Å²) in [6.45, 7) is 0. The molecule has 0 aliphatic carbocycles. The van der Waals surface area contributed by atoms with Crippen LogP contribution in [-0.2, 0) is 0 Å². The van der Waals surface area contributed by atoms with Gasteiger partial charge in [0.25, 0.3) is 0 Å². The molecule has 0 bridgehead atoms. The van der Waals surface area contributed by atoms with Crippen LogP contribution in [0.25, 0.3) is 11.0 Å². The molecule has 0 radical (unpaired) electrons. The van der Waals surface area contributed by atoms with E-state index in [9.17, 15) is 8.78 Å². The predicted molar refractivity (Wildman–Crippen MR) is 45.6 cm³/mol. The molecule has 0 aliphatic rings. The van der Waals surface area contributed by atoms with Gasteiger partial charge >= 0.3 is 0 Å². The molecule has 2 rings (SSSR count). The molecule has 0 aliphatic heterocycles. The van der Waals surface area contributed by atoms with E-state index >= 15 is 0 Å². The minimum Gasteiger partial charge on any atom is -0.359 e. The summed E-state index contributed by atoms with van der Waals surface area (Å²) in [6.07, 6.45) is 0. The average molecular weight is 183 g/mol. The predicted octanol–water partition coefficient (Wildman–Crippen LogP) is 1.88. The molecule has 0 saturated carbocycles. The number of nitrogens with zero attached hydrogens (tertiary/aromatic N) is 1. The average Bonchev–Trinajstić information content (AvgIpc) is 2.55. The van der Waals surface area contributed by atoms with Crippen molar-refractivity contribution in [1.82, 2.24) is 9.97 Å². The lowest BCUT2D eigenvalue weighted by atomic mass is 10.3. The molecule has 1 aromatic carbocycles. The first kappa shape index (κ1) is 7.97. The van der Waals surface area contributed by atoms with Crippen LogP contribution in [0.3, 0.4) is 0 Å². The number of aromatic amines is 1. The summed E-state index contributed by atoms with van der Waals surface area (Å²) >= 11 is 0. The maximum atomic E-state index is 13.1. The summed E-state index contributed by atoms with van der Waals surface area (Å²) in [4.78, 5) is 6.59. The Morgan fingerprint density at radius 2 is 2.15 bits per heavy atom. The van der Waals surface area contributed by atoms with Gasteiger partial charge in [-0.3, -0.25) is 0 Å². The first-order valence-corrected chi connectivity index (χ1v) is 3.74. The summed E-state index contributed by atoms with van der Waals surface area (Å²) in [5.41, 5.74) is 0.493. The monoisotopic (exact) mass is 183 g/mol. The minimum absolute atomic E-state index is 0.0179. The highest BCUT2D eigenvalue weighted by molar-refractivity contribution is 5.78. The van der Waals surface area contributed by atoms with Gasteiger partial charge in [-0.25, -0.2) is 13.8 Å². The number of H-pyrrole nitrogens is 1. The number of hydrogen-bond donors (Lipinski definition) is 2. The SMILES string of the molecule is CNc1nc2c(F)c(F)ccc2[nH]1. The molecule has 0 amide bonds. The highest BCUT2D eigenvalue weighted by atomic mass is 19.2. The Labute approximate surface area is 72.8 Å². The number of hydrogen-bond acceptors (Lipinski definition) is 2. The zero-order valence-corrected chi connectivity index (χ0v) is 6.86. The Hall–Kier alpha value is -1.65. The van der Waals surface area contributed by atoms with Gasteiger partial charge in [0.05, 0.1) is 5.52 Å². The molecular formula is C8H7F2N3. The summed E-state index contributed by atoms with van der Waals surface area (Å²) in [5.74, 6) is -1.39. The Balaban J connectivity index is 2.76. The van der Waals surface area contributed by atoms with Gasteiger partial charge in [-0.15, -0.1) is 0 Å². The van der Waals surface area contributed by atoms with Gasteiger partial charge in [0.2, 0.25) is 5.95 Å². The van der Waals surface area contributed by atoms with Gasteiger partial charge in [0, 0.05) is 7.05 Å². The molecular weight excluding hydrogens is 176 g/mol.